The van der Waals surface area contributed by atoms with Gasteiger partial charge in [-0.15, -0.1) is 0 Å². The van der Waals surface area contributed by atoms with Crippen LogP contribution in [0.3, 0.4) is 0 Å². The molecule has 0 aromatic rings. The summed E-state index contributed by atoms with van der Waals surface area (Å²) < 4.78 is 5.34. The first-order valence-corrected chi connectivity index (χ1v) is 8.71. The van der Waals surface area contributed by atoms with Gasteiger partial charge >= 0.3 is 6.09 Å². The SMILES string of the molecule is CC(C)(C)OC(=O)NCC(C)(NCC1CCCNC1)C1CC1. The Kier molecular flexibility index (Phi) is 5.72. The van der Waals surface area contributed by atoms with Crippen LogP contribution in [0.15, 0.2) is 0 Å². The predicted molar refractivity (Wildman–Crippen MR) is 89.0 cm³/mol. The maximum absolute atomic E-state index is 11.9. The highest BCUT2D eigenvalue weighted by molar-refractivity contribution is 5.67. The molecule has 2 rings (SSSR count). The quantitative estimate of drug-likeness (QED) is 0.704. The summed E-state index contributed by atoms with van der Waals surface area (Å²) in [5.74, 6) is 1.37. The van der Waals surface area contributed by atoms with E-state index in [1.807, 2.05) is 20.8 Å². The molecule has 22 heavy (non-hydrogen) atoms. The number of alkyl carbamates (subject to hydrolysis) is 1. The van der Waals surface area contributed by atoms with E-state index in [0.717, 1.165) is 19.6 Å². The summed E-state index contributed by atoms with van der Waals surface area (Å²) in [6.45, 7) is 11.8. The highest BCUT2D eigenvalue weighted by Crippen LogP contribution is 2.39. The van der Waals surface area contributed by atoms with Gasteiger partial charge in [-0.1, -0.05) is 0 Å². The van der Waals surface area contributed by atoms with Crippen LogP contribution in [0.1, 0.15) is 53.4 Å². The lowest BCUT2D eigenvalue weighted by atomic mass is 9.93. The molecule has 0 radical (unpaired) electrons. The van der Waals surface area contributed by atoms with Crippen LogP contribution in [0.4, 0.5) is 4.79 Å². The molecule has 0 spiro atoms. The van der Waals surface area contributed by atoms with Crippen molar-refractivity contribution in [3.05, 3.63) is 0 Å². The standard InChI is InChI=1S/C17H33N3O2/c1-16(2,3)22-15(21)19-12-17(4,14-7-8-14)20-11-13-6-5-9-18-10-13/h13-14,18,20H,5-12H2,1-4H3,(H,19,21). The van der Waals surface area contributed by atoms with Crippen LogP contribution in [0.2, 0.25) is 0 Å². The lowest BCUT2D eigenvalue weighted by molar-refractivity contribution is 0.0507. The first-order chi connectivity index (χ1) is 10.3. The van der Waals surface area contributed by atoms with Crippen molar-refractivity contribution in [3.8, 4) is 0 Å². The molecule has 1 aliphatic heterocycles. The van der Waals surface area contributed by atoms with Crippen LogP contribution in [-0.4, -0.2) is 43.4 Å². The summed E-state index contributed by atoms with van der Waals surface area (Å²) >= 11 is 0. The second-order valence-corrected chi connectivity index (χ2v) is 8.14. The van der Waals surface area contributed by atoms with Gasteiger partial charge in [0.15, 0.2) is 0 Å². The van der Waals surface area contributed by atoms with Crippen LogP contribution < -0.4 is 16.0 Å². The maximum Gasteiger partial charge on any atom is 0.407 e. The molecule has 1 amide bonds. The molecule has 0 aromatic carbocycles. The fourth-order valence-electron chi connectivity index (χ4n) is 3.12. The van der Waals surface area contributed by atoms with Gasteiger partial charge in [-0.25, -0.2) is 4.79 Å². The Labute approximate surface area is 134 Å². The van der Waals surface area contributed by atoms with Crippen LogP contribution in [-0.2, 0) is 4.74 Å². The summed E-state index contributed by atoms with van der Waals surface area (Å²) in [7, 11) is 0. The zero-order valence-electron chi connectivity index (χ0n) is 14.6. The van der Waals surface area contributed by atoms with Gasteiger partial charge in [0.25, 0.3) is 0 Å². The first-order valence-electron chi connectivity index (χ1n) is 8.71. The van der Waals surface area contributed by atoms with E-state index in [2.05, 4.69) is 22.9 Å². The Morgan fingerprint density at radius 2 is 1.95 bits per heavy atom. The van der Waals surface area contributed by atoms with Gasteiger partial charge < -0.3 is 20.7 Å². The van der Waals surface area contributed by atoms with Crippen molar-refractivity contribution in [2.75, 3.05) is 26.2 Å². The molecular weight excluding hydrogens is 278 g/mol. The van der Waals surface area contributed by atoms with Crippen molar-refractivity contribution in [2.45, 2.75) is 64.5 Å². The highest BCUT2D eigenvalue weighted by atomic mass is 16.6. The van der Waals surface area contributed by atoms with Crippen LogP contribution in [0.5, 0.6) is 0 Å². The molecule has 1 saturated heterocycles. The summed E-state index contributed by atoms with van der Waals surface area (Å²) in [6.07, 6.45) is 4.74. The van der Waals surface area contributed by atoms with Gasteiger partial charge in [0, 0.05) is 12.1 Å². The Morgan fingerprint density at radius 1 is 1.23 bits per heavy atom. The zero-order valence-corrected chi connectivity index (χ0v) is 14.6. The van der Waals surface area contributed by atoms with Gasteiger partial charge in [0.2, 0.25) is 0 Å². The third-order valence-corrected chi connectivity index (χ3v) is 4.67. The minimum absolute atomic E-state index is 0.0195. The number of piperidine rings is 1. The van der Waals surface area contributed by atoms with Crippen molar-refractivity contribution in [1.29, 1.82) is 0 Å². The summed E-state index contributed by atoms with van der Waals surface area (Å²) in [4.78, 5) is 11.9. The van der Waals surface area contributed by atoms with Crippen LogP contribution in [0.25, 0.3) is 0 Å². The van der Waals surface area contributed by atoms with E-state index in [1.165, 1.54) is 25.7 Å². The maximum atomic E-state index is 11.9. The third-order valence-electron chi connectivity index (χ3n) is 4.67. The fraction of sp³-hybridized carbons (Fsp3) is 0.941. The molecule has 1 heterocycles. The summed E-state index contributed by atoms with van der Waals surface area (Å²) in [6, 6.07) is 0. The molecule has 1 saturated carbocycles. The molecule has 2 fully saturated rings. The molecule has 2 atom stereocenters. The number of carbonyl (C=O) groups excluding carboxylic acids is 1. The average Bonchev–Trinajstić information content (AvgIpc) is 3.27. The van der Waals surface area contributed by atoms with Gasteiger partial charge in [-0.3, -0.25) is 0 Å². The molecule has 1 aliphatic carbocycles. The second-order valence-electron chi connectivity index (χ2n) is 8.14. The van der Waals surface area contributed by atoms with E-state index < -0.39 is 5.60 Å². The van der Waals surface area contributed by atoms with E-state index in [0.29, 0.717) is 18.4 Å². The number of rotatable bonds is 6. The lowest BCUT2D eigenvalue weighted by Crippen LogP contribution is -2.55. The van der Waals surface area contributed by atoms with Crippen molar-refractivity contribution in [2.24, 2.45) is 11.8 Å². The molecule has 2 aliphatic rings. The fourth-order valence-corrected chi connectivity index (χ4v) is 3.12. The number of ether oxygens (including phenoxy) is 1. The third kappa shape index (κ3) is 5.76. The normalized spacial score (nSPS) is 25.4. The Bertz CT molecular complexity index is 371. The van der Waals surface area contributed by atoms with Crippen molar-refractivity contribution in [1.82, 2.24) is 16.0 Å². The molecule has 0 bridgehead atoms. The number of amides is 1. The largest absolute Gasteiger partial charge is 0.444 e. The van der Waals surface area contributed by atoms with E-state index >= 15 is 0 Å². The molecular formula is C17H33N3O2. The molecule has 5 heteroatoms. The monoisotopic (exact) mass is 311 g/mol. The zero-order chi connectivity index (χ0) is 16.2. The number of carbonyl (C=O) groups is 1. The number of nitrogens with one attached hydrogen (secondary N) is 3. The van der Waals surface area contributed by atoms with E-state index in [1.54, 1.807) is 0 Å². The van der Waals surface area contributed by atoms with Crippen molar-refractivity contribution in [3.63, 3.8) is 0 Å². The van der Waals surface area contributed by atoms with Gasteiger partial charge in [0.1, 0.15) is 5.60 Å². The summed E-state index contributed by atoms with van der Waals surface area (Å²) in [5, 5.41) is 10.1. The Morgan fingerprint density at radius 3 is 2.50 bits per heavy atom. The first kappa shape index (κ1) is 17.5. The Hall–Kier alpha value is -0.810. The van der Waals surface area contributed by atoms with Gasteiger partial charge in [-0.2, -0.15) is 0 Å². The molecule has 0 aromatic heterocycles. The minimum atomic E-state index is -0.443. The molecule has 5 nitrogen and oxygen atoms in total. The van der Waals surface area contributed by atoms with E-state index in [9.17, 15) is 4.79 Å². The average molecular weight is 311 g/mol. The topological polar surface area (TPSA) is 62.4 Å². The Balaban J connectivity index is 1.78. The number of hydrogen-bond donors (Lipinski definition) is 3. The number of hydrogen-bond acceptors (Lipinski definition) is 4. The van der Waals surface area contributed by atoms with Gasteiger partial charge in [-0.05, 0) is 84.8 Å². The van der Waals surface area contributed by atoms with Crippen LogP contribution in [0, 0.1) is 11.8 Å². The molecule has 3 N–H and O–H groups in total. The lowest BCUT2D eigenvalue weighted by Gasteiger charge is -2.34. The van der Waals surface area contributed by atoms with Crippen LogP contribution >= 0.6 is 0 Å². The van der Waals surface area contributed by atoms with E-state index in [4.69, 9.17) is 4.74 Å². The van der Waals surface area contributed by atoms with Crippen molar-refractivity contribution >= 4 is 6.09 Å². The molecule has 2 unspecified atom stereocenters. The van der Waals surface area contributed by atoms with Gasteiger partial charge in [0.05, 0.1) is 0 Å². The molecule has 128 valence electrons. The predicted octanol–water partition coefficient (Wildman–Crippen LogP) is 2.27. The smallest absolute Gasteiger partial charge is 0.407 e. The van der Waals surface area contributed by atoms with Crippen molar-refractivity contribution < 1.29 is 9.53 Å². The van der Waals surface area contributed by atoms with E-state index in [-0.39, 0.29) is 11.6 Å². The summed E-state index contributed by atoms with van der Waals surface area (Å²) in [5.41, 5.74) is -0.463. The highest BCUT2D eigenvalue weighted by Gasteiger charge is 2.41. The minimum Gasteiger partial charge on any atom is -0.444 e. The second kappa shape index (κ2) is 7.18.